The Morgan fingerprint density at radius 2 is 2.20 bits per heavy atom. The molecule has 0 saturated carbocycles. The summed E-state index contributed by atoms with van der Waals surface area (Å²) in [7, 11) is 0. The molecule has 1 aliphatic rings. The normalized spacial score (nSPS) is 17.2. The van der Waals surface area contributed by atoms with Crippen molar-refractivity contribution in [1.82, 2.24) is 25.5 Å². The van der Waals surface area contributed by atoms with Crippen molar-refractivity contribution >= 4 is 17.4 Å². The zero-order chi connectivity index (χ0) is 14.1. The Hall–Kier alpha value is -2.83. The van der Waals surface area contributed by atoms with Crippen LogP contribution in [0.3, 0.4) is 0 Å². The van der Waals surface area contributed by atoms with Gasteiger partial charge in [-0.1, -0.05) is 12.1 Å². The fourth-order valence-electron chi connectivity index (χ4n) is 2.13. The van der Waals surface area contributed by atoms with Crippen molar-refractivity contribution < 1.29 is 9.59 Å². The number of allylic oxidation sites excluding steroid dienone is 1. The van der Waals surface area contributed by atoms with Crippen LogP contribution in [-0.4, -0.2) is 32.0 Å². The van der Waals surface area contributed by atoms with Gasteiger partial charge in [-0.25, -0.2) is 4.68 Å². The average molecular weight is 269 g/mol. The lowest BCUT2D eigenvalue weighted by molar-refractivity contribution is -0.124. The van der Waals surface area contributed by atoms with Crippen molar-refractivity contribution in [2.24, 2.45) is 0 Å². The molecule has 1 aliphatic heterocycles. The van der Waals surface area contributed by atoms with E-state index in [4.69, 9.17) is 0 Å². The van der Waals surface area contributed by atoms with Gasteiger partial charge < -0.3 is 0 Å². The predicted molar refractivity (Wildman–Crippen MR) is 69.5 cm³/mol. The highest BCUT2D eigenvalue weighted by molar-refractivity contribution is 6.17. The number of nitrogens with one attached hydrogen (secondary N) is 1. The first-order valence-electron chi connectivity index (χ1n) is 6.03. The summed E-state index contributed by atoms with van der Waals surface area (Å²) in [5.41, 5.74) is 2.93. The summed E-state index contributed by atoms with van der Waals surface area (Å²) in [5, 5.41) is 13.3. The molecular formula is C13H11N5O2. The molecule has 1 fully saturated rings. The second kappa shape index (κ2) is 4.69. The van der Waals surface area contributed by atoms with Crippen molar-refractivity contribution in [3.63, 3.8) is 0 Å². The van der Waals surface area contributed by atoms with E-state index in [1.54, 1.807) is 0 Å². The van der Waals surface area contributed by atoms with Crippen LogP contribution in [0.25, 0.3) is 11.3 Å². The van der Waals surface area contributed by atoms with Crippen molar-refractivity contribution in [3.8, 4) is 5.69 Å². The summed E-state index contributed by atoms with van der Waals surface area (Å²) in [5.74, 6) is -0.582. The molecule has 0 radical (unpaired) electrons. The van der Waals surface area contributed by atoms with Gasteiger partial charge >= 0.3 is 0 Å². The molecule has 1 aromatic carbocycles. The third-order valence-electron chi connectivity index (χ3n) is 3.21. The SMILES string of the molecule is CC(=C1CC(=O)NC1=O)c1cccc(-n2cnnn2)c1. The summed E-state index contributed by atoms with van der Waals surface area (Å²) in [4.78, 5) is 22.9. The van der Waals surface area contributed by atoms with Crippen LogP contribution in [0.15, 0.2) is 36.2 Å². The van der Waals surface area contributed by atoms with E-state index >= 15 is 0 Å². The van der Waals surface area contributed by atoms with Crippen LogP contribution in [0.2, 0.25) is 0 Å². The van der Waals surface area contributed by atoms with E-state index in [2.05, 4.69) is 20.8 Å². The zero-order valence-corrected chi connectivity index (χ0v) is 10.7. The molecule has 0 atom stereocenters. The Morgan fingerprint density at radius 1 is 1.35 bits per heavy atom. The van der Waals surface area contributed by atoms with Crippen LogP contribution >= 0.6 is 0 Å². The maximum absolute atomic E-state index is 11.7. The molecule has 2 aromatic rings. The molecule has 0 unspecified atom stereocenters. The van der Waals surface area contributed by atoms with E-state index in [0.717, 1.165) is 16.8 Å². The lowest BCUT2D eigenvalue weighted by Crippen LogP contribution is -2.19. The predicted octanol–water partition coefficient (Wildman–Crippen LogP) is 0.482. The summed E-state index contributed by atoms with van der Waals surface area (Å²) in [6.45, 7) is 1.83. The van der Waals surface area contributed by atoms with E-state index in [1.165, 1.54) is 11.0 Å². The van der Waals surface area contributed by atoms with Gasteiger partial charge in [0.1, 0.15) is 6.33 Å². The Bertz CT molecular complexity index is 718. The van der Waals surface area contributed by atoms with Crippen LogP contribution in [-0.2, 0) is 9.59 Å². The number of amides is 2. The summed E-state index contributed by atoms with van der Waals surface area (Å²) < 4.78 is 1.53. The maximum Gasteiger partial charge on any atom is 0.254 e. The Balaban J connectivity index is 2.03. The largest absolute Gasteiger partial charge is 0.292 e. The number of nitrogens with zero attached hydrogens (tertiary/aromatic N) is 4. The van der Waals surface area contributed by atoms with Crippen LogP contribution in [0.4, 0.5) is 0 Å². The number of carbonyl (C=O) groups excluding carboxylic acids is 2. The first-order chi connectivity index (χ1) is 9.65. The summed E-state index contributed by atoms with van der Waals surface area (Å²) in [6, 6.07) is 7.46. The minimum absolute atomic E-state index is 0.125. The lowest BCUT2D eigenvalue weighted by Gasteiger charge is -2.06. The molecule has 7 nitrogen and oxygen atoms in total. The molecule has 20 heavy (non-hydrogen) atoms. The van der Waals surface area contributed by atoms with Crippen LogP contribution < -0.4 is 5.32 Å². The van der Waals surface area contributed by atoms with Crippen molar-refractivity contribution in [1.29, 1.82) is 0 Å². The highest BCUT2D eigenvalue weighted by atomic mass is 16.2. The second-order valence-corrected chi connectivity index (χ2v) is 4.46. The van der Waals surface area contributed by atoms with E-state index in [-0.39, 0.29) is 18.2 Å². The summed E-state index contributed by atoms with van der Waals surface area (Å²) in [6.07, 6.45) is 1.62. The van der Waals surface area contributed by atoms with Crippen molar-refractivity contribution in [2.45, 2.75) is 13.3 Å². The van der Waals surface area contributed by atoms with E-state index < -0.39 is 0 Å². The minimum Gasteiger partial charge on any atom is -0.292 e. The van der Waals surface area contributed by atoms with Crippen molar-refractivity contribution in [3.05, 3.63) is 41.7 Å². The van der Waals surface area contributed by atoms with Crippen LogP contribution in [0.5, 0.6) is 0 Å². The third-order valence-corrected chi connectivity index (χ3v) is 3.21. The van der Waals surface area contributed by atoms with Gasteiger partial charge in [0.05, 0.1) is 12.1 Å². The molecule has 0 bridgehead atoms. The van der Waals surface area contributed by atoms with Gasteiger partial charge in [-0.2, -0.15) is 0 Å². The smallest absolute Gasteiger partial charge is 0.254 e. The van der Waals surface area contributed by atoms with Gasteiger partial charge in [0.15, 0.2) is 0 Å². The quantitative estimate of drug-likeness (QED) is 0.632. The van der Waals surface area contributed by atoms with E-state index in [0.29, 0.717) is 5.57 Å². The highest BCUT2D eigenvalue weighted by Crippen LogP contribution is 2.24. The number of carbonyl (C=O) groups is 2. The number of hydrogen-bond donors (Lipinski definition) is 1. The summed E-state index contributed by atoms with van der Waals surface area (Å²) >= 11 is 0. The first kappa shape index (κ1) is 12.2. The molecule has 0 spiro atoms. The van der Waals surface area contributed by atoms with Gasteiger partial charge in [0.2, 0.25) is 5.91 Å². The number of aromatic nitrogens is 4. The molecule has 1 saturated heterocycles. The Kier molecular flexibility index (Phi) is 2.86. The monoisotopic (exact) mass is 269 g/mol. The fourth-order valence-corrected chi connectivity index (χ4v) is 2.13. The topological polar surface area (TPSA) is 89.8 Å². The lowest BCUT2D eigenvalue weighted by atomic mass is 10.00. The minimum atomic E-state index is -0.319. The first-order valence-corrected chi connectivity index (χ1v) is 6.03. The standard InChI is InChI=1S/C13H11N5O2/c1-8(11-6-12(19)15-13(11)20)9-3-2-4-10(5-9)18-7-14-16-17-18/h2-5,7H,6H2,1H3,(H,15,19,20). The van der Waals surface area contributed by atoms with Gasteiger partial charge in [-0.05, 0) is 40.6 Å². The maximum atomic E-state index is 11.7. The highest BCUT2D eigenvalue weighted by Gasteiger charge is 2.26. The molecule has 3 rings (SSSR count). The molecule has 2 amide bonds. The number of hydrogen-bond acceptors (Lipinski definition) is 5. The molecule has 1 N–H and O–H groups in total. The molecule has 100 valence electrons. The van der Waals surface area contributed by atoms with Gasteiger partial charge in [-0.3, -0.25) is 14.9 Å². The van der Waals surface area contributed by atoms with Gasteiger partial charge in [-0.15, -0.1) is 5.10 Å². The third kappa shape index (κ3) is 2.09. The van der Waals surface area contributed by atoms with Gasteiger partial charge in [0.25, 0.3) is 5.91 Å². The van der Waals surface area contributed by atoms with Crippen molar-refractivity contribution in [2.75, 3.05) is 0 Å². The number of benzene rings is 1. The Labute approximate surface area is 114 Å². The Morgan fingerprint density at radius 3 is 2.85 bits per heavy atom. The van der Waals surface area contributed by atoms with E-state index in [1.807, 2.05) is 31.2 Å². The number of imide groups is 1. The van der Waals surface area contributed by atoms with Crippen LogP contribution in [0.1, 0.15) is 18.9 Å². The molecule has 0 aliphatic carbocycles. The molecule has 7 heteroatoms. The molecule has 1 aromatic heterocycles. The van der Waals surface area contributed by atoms with Gasteiger partial charge in [0, 0.05) is 5.57 Å². The molecular weight excluding hydrogens is 258 g/mol. The molecule has 2 heterocycles. The number of rotatable bonds is 2. The second-order valence-electron chi connectivity index (χ2n) is 4.46. The number of tetrazole rings is 1. The fraction of sp³-hybridized carbons (Fsp3) is 0.154. The zero-order valence-electron chi connectivity index (χ0n) is 10.7. The van der Waals surface area contributed by atoms with Crippen LogP contribution in [0, 0.1) is 0 Å². The average Bonchev–Trinajstić information content (AvgIpc) is 3.08. The van der Waals surface area contributed by atoms with E-state index in [9.17, 15) is 9.59 Å².